The van der Waals surface area contributed by atoms with E-state index < -0.39 is 10.0 Å². The van der Waals surface area contributed by atoms with Crippen LogP contribution in [0.1, 0.15) is 24.8 Å². The van der Waals surface area contributed by atoms with Crippen molar-refractivity contribution in [1.82, 2.24) is 4.31 Å². The Morgan fingerprint density at radius 3 is 2.83 bits per heavy atom. The molecule has 5 heteroatoms. The largest absolute Gasteiger partial charge is 0.385 e. The number of aryl methyl sites for hydroxylation is 1. The molecule has 4 nitrogen and oxygen atoms in total. The number of rotatable bonds is 3. The Kier molecular flexibility index (Phi) is 2.83. The number of fused-ring (bicyclic) bond motifs is 1. The van der Waals surface area contributed by atoms with Gasteiger partial charge in [0, 0.05) is 25.3 Å². The summed E-state index contributed by atoms with van der Waals surface area (Å²) < 4.78 is 26.3. The first kappa shape index (κ1) is 12.0. The Hall–Kier alpha value is -1.07. The fraction of sp³-hybridized carbons (Fsp3) is 0.538. The summed E-state index contributed by atoms with van der Waals surface area (Å²) in [6.07, 6.45) is 4.11. The molecule has 0 amide bonds. The van der Waals surface area contributed by atoms with Gasteiger partial charge >= 0.3 is 0 Å². The molecule has 1 fully saturated rings. The molecular weight excluding hydrogens is 248 g/mol. The highest BCUT2D eigenvalue weighted by molar-refractivity contribution is 7.89. The number of sulfonamides is 1. The molecule has 2 aliphatic rings. The molecule has 1 aliphatic carbocycles. The van der Waals surface area contributed by atoms with Gasteiger partial charge in [0.2, 0.25) is 10.0 Å². The second kappa shape index (κ2) is 4.24. The van der Waals surface area contributed by atoms with Gasteiger partial charge in [0.05, 0.1) is 4.90 Å². The van der Waals surface area contributed by atoms with Gasteiger partial charge in [0.15, 0.2) is 0 Å². The molecule has 0 spiro atoms. The lowest BCUT2D eigenvalue weighted by molar-refractivity contribution is 0.464. The molecule has 1 aromatic rings. The number of nitrogens with zero attached hydrogens (tertiary/aromatic N) is 1. The van der Waals surface area contributed by atoms with Crippen LogP contribution in [0.5, 0.6) is 0 Å². The maximum atomic E-state index is 12.4. The zero-order valence-electron chi connectivity index (χ0n) is 10.5. The quantitative estimate of drug-likeness (QED) is 0.908. The van der Waals surface area contributed by atoms with Crippen molar-refractivity contribution in [3.05, 3.63) is 23.8 Å². The van der Waals surface area contributed by atoms with E-state index in [2.05, 4.69) is 5.32 Å². The molecule has 0 saturated heterocycles. The third-order valence-electron chi connectivity index (χ3n) is 3.76. The third-order valence-corrected chi connectivity index (χ3v) is 5.66. The Bertz CT molecular complexity index is 564. The van der Waals surface area contributed by atoms with Crippen LogP contribution in [0.25, 0.3) is 0 Å². The summed E-state index contributed by atoms with van der Waals surface area (Å²) in [5.41, 5.74) is 2.20. The molecule has 0 atom stereocenters. The number of hydrogen-bond donors (Lipinski definition) is 1. The lowest BCUT2D eigenvalue weighted by Crippen LogP contribution is -2.29. The monoisotopic (exact) mass is 266 g/mol. The van der Waals surface area contributed by atoms with Gasteiger partial charge in [-0.15, -0.1) is 0 Å². The summed E-state index contributed by atoms with van der Waals surface area (Å²) in [6.45, 7) is 0.926. The summed E-state index contributed by atoms with van der Waals surface area (Å²) in [6, 6.07) is 5.66. The minimum Gasteiger partial charge on any atom is -0.385 e. The van der Waals surface area contributed by atoms with Crippen molar-refractivity contribution in [3.63, 3.8) is 0 Å². The highest BCUT2D eigenvalue weighted by Gasteiger charge is 2.35. The van der Waals surface area contributed by atoms with Gasteiger partial charge in [-0.25, -0.2) is 8.42 Å². The maximum absolute atomic E-state index is 12.4. The third kappa shape index (κ3) is 2.01. The fourth-order valence-electron chi connectivity index (χ4n) is 2.40. The summed E-state index contributed by atoms with van der Waals surface area (Å²) >= 11 is 0. The molecule has 18 heavy (non-hydrogen) atoms. The van der Waals surface area contributed by atoms with Crippen LogP contribution in [0.15, 0.2) is 23.1 Å². The van der Waals surface area contributed by atoms with Crippen LogP contribution in [0.2, 0.25) is 0 Å². The first-order valence-corrected chi connectivity index (χ1v) is 7.88. The predicted octanol–water partition coefficient (Wildman–Crippen LogP) is 1.83. The molecule has 1 aliphatic heterocycles. The number of benzene rings is 1. The molecule has 3 rings (SSSR count). The van der Waals surface area contributed by atoms with Crippen LogP contribution in [0.3, 0.4) is 0 Å². The zero-order valence-corrected chi connectivity index (χ0v) is 11.3. The smallest absolute Gasteiger partial charge is 0.243 e. The van der Waals surface area contributed by atoms with Gasteiger partial charge in [-0.2, -0.15) is 4.31 Å². The molecule has 1 aromatic carbocycles. The second-order valence-electron chi connectivity index (χ2n) is 5.10. The van der Waals surface area contributed by atoms with Crippen LogP contribution < -0.4 is 5.32 Å². The van der Waals surface area contributed by atoms with E-state index in [-0.39, 0.29) is 6.04 Å². The lowest BCUT2D eigenvalue weighted by Gasteiger charge is -2.21. The first-order valence-electron chi connectivity index (χ1n) is 6.44. The van der Waals surface area contributed by atoms with Gasteiger partial charge in [-0.1, -0.05) is 6.07 Å². The fourth-order valence-corrected chi connectivity index (χ4v) is 3.84. The lowest BCUT2D eigenvalue weighted by atomic mass is 10.0. The van der Waals surface area contributed by atoms with E-state index in [0.717, 1.165) is 37.9 Å². The Labute approximate surface area is 108 Å². The molecular formula is C13H18N2O2S. The average molecular weight is 266 g/mol. The van der Waals surface area contributed by atoms with Gasteiger partial charge in [-0.3, -0.25) is 0 Å². The standard InChI is InChI=1S/C13H18N2O2S/c1-15(11-5-6-11)18(16,17)12-7-4-10-3-2-8-14-13(10)9-12/h4,7,9,11,14H,2-3,5-6,8H2,1H3. The molecule has 0 unspecified atom stereocenters. The summed E-state index contributed by atoms with van der Waals surface area (Å²) in [5.74, 6) is 0. The van der Waals surface area contributed by atoms with Gasteiger partial charge in [0.1, 0.15) is 0 Å². The molecule has 0 bridgehead atoms. The Morgan fingerprint density at radius 2 is 2.11 bits per heavy atom. The van der Waals surface area contributed by atoms with Crippen molar-refractivity contribution in [3.8, 4) is 0 Å². The van der Waals surface area contributed by atoms with E-state index in [4.69, 9.17) is 0 Å². The van der Waals surface area contributed by atoms with Crippen LogP contribution in [0.4, 0.5) is 5.69 Å². The Balaban J connectivity index is 1.96. The van der Waals surface area contributed by atoms with Gasteiger partial charge in [-0.05, 0) is 43.4 Å². The van der Waals surface area contributed by atoms with Gasteiger partial charge < -0.3 is 5.32 Å². The van der Waals surface area contributed by atoms with Crippen LogP contribution in [-0.4, -0.2) is 32.4 Å². The number of nitrogens with one attached hydrogen (secondary N) is 1. The minimum absolute atomic E-state index is 0.207. The molecule has 98 valence electrons. The van der Waals surface area contributed by atoms with Crippen molar-refractivity contribution >= 4 is 15.7 Å². The molecule has 0 radical (unpaired) electrons. The minimum atomic E-state index is -3.32. The molecule has 1 saturated carbocycles. The van der Waals surface area contributed by atoms with E-state index >= 15 is 0 Å². The van der Waals surface area contributed by atoms with Gasteiger partial charge in [0.25, 0.3) is 0 Å². The van der Waals surface area contributed by atoms with E-state index in [0.29, 0.717) is 4.90 Å². The molecule has 1 heterocycles. The Morgan fingerprint density at radius 1 is 1.33 bits per heavy atom. The number of anilines is 1. The highest BCUT2D eigenvalue weighted by Crippen LogP contribution is 2.32. The van der Waals surface area contributed by atoms with Crippen molar-refractivity contribution < 1.29 is 8.42 Å². The SMILES string of the molecule is CN(C1CC1)S(=O)(=O)c1ccc2c(c1)NCCC2. The topological polar surface area (TPSA) is 49.4 Å². The second-order valence-corrected chi connectivity index (χ2v) is 7.10. The van der Waals surface area contributed by atoms with E-state index in [1.165, 1.54) is 9.87 Å². The first-order chi connectivity index (χ1) is 8.59. The number of hydrogen-bond acceptors (Lipinski definition) is 3. The molecule has 0 aromatic heterocycles. The van der Waals surface area contributed by atoms with Crippen molar-refractivity contribution in [1.29, 1.82) is 0 Å². The van der Waals surface area contributed by atoms with Crippen LogP contribution in [0, 0.1) is 0 Å². The van der Waals surface area contributed by atoms with Crippen molar-refractivity contribution in [2.45, 2.75) is 36.6 Å². The van der Waals surface area contributed by atoms with Crippen LogP contribution in [-0.2, 0) is 16.4 Å². The van der Waals surface area contributed by atoms with E-state index in [9.17, 15) is 8.42 Å². The van der Waals surface area contributed by atoms with Crippen molar-refractivity contribution in [2.24, 2.45) is 0 Å². The maximum Gasteiger partial charge on any atom is 0.243 e. The van der Waals surface area contributed by atoms with E-state index in [1.54, 1.807) is 19.2 Å². The summed E-state index contributed by atoms with van der Waals surface area (Å²) in [4.78, 5) is 0.407. The zero-order chi connectivity index (χ0) is 12.8. The summed E-state index contributed by atoms with van der Waals surface area (Å²) in [7, 11) is -1.64. The summed E-state index contributed by atoms with van der Waals surface area (Å²) in [5, 5.41) is 3.28. The van der Waals surface area contributed by atoms with E-state index in [1.807, 2.05) is 6.07 Å². The predicted molar refractivity (Wildman–Crippen MR) is 71.2 cm³/mol. The van der Waals surface area contributed by atoms with Crippen molar-refractivity contribution in [2.75, 3.05) is 18.9 Å². The normalized spacial score (nSPS) is 19.4. The molecule has 1 N–H and O–H groups in total. The highest BCUT2D eigenvalue weighted by atomic mass is 32.2. The average Bonchev–Trinajstić information content (AvgIpc) is 3.21. The van der Waals surface area contributed by atoms with Crippen LogP contribution >= 0.6 is 0 Å².